The van der Waals surface area contributed by atoms with Crippen molar-refractivity contribution in [3.8, 4) is 11.1 Å². The van der Waals surface area contributed by atoms with E-state index < -0.39 is 0 Å². The minimum Gasteiger partial charge on any atom is -0.462 e. The first-order chi connectivity index (χ1) is 11.7. The molecule has 0 saturated carbocycles. The topological polar surface area (TPSA) is 26.3 Å². The van der Waals surface area contributed by atoms with Gasteiger partial charge >= 0.3 is 5.97 Å². The SMILES string of the molecule is CCCCCCC(C)COC(=O)c1ccc(-c2ccccc2)cc1. The van der Waals surface area contributed by atoms with Crippen LogP contribution in [0, 0.1) is 5.92 Å². The van der Waals surface area contributed by atoms with Gasteiger partial charge in [0, 0.05) is 0 Å². The van der Waals surface area contributed by atoms with E-state index in [1.54, 1.807) is 0 Å². The summed E-state index contributed by atoms with van der Waals surface area (Å²) in [4.78, 5) is 12.2. The quantitative estimate of drug-likeness (QED) is 0.410. The van der Waals surface area contributed by atoms with Crippen LogP contribution in [0.1, 0.15) is 56.3 Å². The van der Waals surface area contributed by atoms with Gasteiger partial charge in [0.05, 0.1) is 12.2 Å². The molecule has 0 radical (unpaired) electrons. The summed E-state index contributed by atoms with van der Waals surface area (Å²) in [6.45, 7) is 4.87. The Morgan fingerprint density at radius 1 is 0.917 bits per heavy atom. The Morgan fingerprint density at radius 3 is 2.25 bits per heavy atom. The minimum atomic E-state index is -0.227. The molecule has 128 valence electrons. The highest BCUT2D eigenvalue weighted by molar-refractivity contribution is 5.90. The number of hydrogen-bond donors (Lipinski definition) is 0. The van der Waals surface area contributed by atoms with E-state index in [1.165, 1.54) is 25.7 Å². The second kappa shape index (κ2) is 9.92. The van der Waals surface area contributed by atoms with E-state index in [0.29, 0.717) is 18.1 Å². The number of carbonyl (C=O) groups excluding carboxylic acids is 1. The molecule has 0 fully saturated rings. The molecule has 2 aromatic rings. The van der Waals surface area contributed by atoms with Crippen molar-refractivity contribution in [2.24, 2.45) is 5.92 Å². The molecule has 0 saturated heterocycles. The number of unbranched alkanes of at least 4 members (excludes halogenated alkanes) is 3. The molecule has 0 aliphatic heterocycles. The predicted molar refractivity (Wildman–Crippen MR) is 100 cm³/mol. The number of ether oxygens (including phenoxy) is 1. The van der Waals surface area contributed by atoms with Crippen LogP contribution in [-0.4, -0.2) is 12.6 Å². The zero-order valence-electron chi connectivity index (χ0n) is 14.8. The minimum absolute atomic E-state index is 0.227. The molecule has 2 rings (SSSR count). The third kappa shape index (κ3) is 5.84. The first-order valence-electron chi connectivity index (χ1n) is 9.03. The fourth-order valence-electron chi connectivity index (χ4n) is 2.73. The van der Waals surface area contributed by atoms with E-state index in [0.717, 1.165) is 17.5 Å². The first-order valence-corrected chi connectivity index (χ1v) is 9.03. The molecular weight excluding hydrogens is 296 g/mol. The van der Waals surface area contributed by atoms with E-state index in [-0.39, 0.29) is 5.97 Å². The molecular formula is C22H28O2. The smallest absolute Gasteiger partial charge is 0.338 e. The molecule has 1 atom stereocenters. The lowest BCUT2D eigenvalue weighted by molar-refractivity contribution is 0.0442. The van der Waals surface area contributed by atoms with Crippen molar-refractivity contribution in [3.63, 3.8) is 0 Å². The van der Waals surface area contributed by atoms with Gasteiger partial charge in [-0.25, -0.2) is 4.79 Å². The number of benzene rings is 2. The van der Waals surface area contributed by atoms with Crippen molar-refractivity contribution < 1.29 is 9.53 Å². The molecule has 0 spiro atoms. The molecule has 2 aromatic carbocycles. The van der Waals surface area contributed by atoms with Crippen LogP contribution in [0.15, 0.2) is 54.6 Å². The Balaban J connectivity index is 1.80. The highest BCUT2D eigenvalue weighted by atomic mass is 16.5. The van der Waals surface area contributed by atoms with E-state index in [4.69, 9.17) is 4.74 Å². The van der Waals surface area contributed by atoms with Gasteiger partial charge in [0.2, 0.25) is 0 Å². The molecule has 0 amide bonds. The molecule has 0 aliphatic rings. The normalized spacial score (nSPS) is 11.9. The molecule has 1 unspecified atom stereocenters. The zero-order chi connectivity index (χ0) is 17.2. The highest BCUT2D eigenvalue weighted by Gasteiger charge is 2.10. The maximum Gasteiger partial charge on any atom is 0.338 e. The van der Waals surface area contributed by atoms with E-state index in [1.807, 2.05) is 42.5 Å². The van der Waals surface area contributed by atoms with E-state index in [9.17, 15) is 4.79 Å². The third-order valence-corrected chi connectivity index (χ3v) is 4.28. The Hall–Kier alpha value is -2.09. The van der Waals surface area contributed by atoms with Crippen LogP contribution in [0.5, 0.6) is 0 Å². The Kier molecular flexibility index (Phi) is 7.54. The van der Waals surface area contributed by atoms with Crippen molar-refractivity contribution in [1.29, 1.82) is 0 Å². The number of carbonyl (C=O) groups is 1. The summed E-state index contributed by atoms with van der Waals surface area (Å²) in [6, 6.07) is 17.8. The van der Waals surface area contributed by atoms with Gasteiger partial charge in [0.15, 0.2) is 0 Å². The van der Waals surface area contributed by atoms with Gasteiger partial charge in [-0.1, -0.05) is 82.0 Å². The fraction of sp³-hybridized carbons (Fsp3) is 0.409. The molecule has 2 nitrogen and oxygen atoms in total. The van der Waals surface area contributed by atoms with E-state index in [2.05, 4.69) is 26.0 Å². The van der Waals surface area contributed by atoms with Gasteiger partial charge in [0.25, 0.3) is 0 Å². The monoisotopic (exact) mass is 324 g/mol. The fourth-order valence-corrected chi connectivity index (χ4v) is 2.73. The first kappa shape index (κ1) is 18.3. The summed E-state index contributed by atoms with van der Waals surface area (Å²) in [5.41, 5.74) is 2.88. The van der Waals surface area contributed by atoms with Gasteiger partial charge < -0.3 is 4.74 Å². The summed E-state index contributed by atoms with van der Waals surface area (Å²) in [5.74, 6) is 0.199. The second-order valence-electron chi connectivity index (χ2n) is 6.50. The summed E-state index contributed by atoms with van der Waals surface area (Å²) in [7, 11) is 0. The maximum absolute atomic E-state index is 12.2. The third-order valence-electron chi connectivity index (χ3n) is 4.28. The lowest BCUT2D eigenvalue weighted by Crippen LogP contribution is -2.12. The van der Waals surface area contributed by atoms with Crippen molar-refractivity contribution in [2.75, 3.05) is 6.61 Å². The summed E-state index contributed by atoms with van der Waals surface area (Å²) in [5, 5.41) is 0. The van der Waals surface area contributed by atoms with Crippen LogP contribution in [0.2, 0.25) is 0 Å². The van der Waals surface area contributed by atoms with Crippen LogP contribution >= 0.6 is 0 Å². The lowest BCUT2D eigenvalue weighted by Gasteiger charge is -2.12. The lowest BCUT2D eigenvalue weighted by atomic mass is 10.0. The summed E-state index contributed by atoms with van der Waals surface area (Å²) >= 11 is 0. The highest BCUT2D eigenvalue weighted by Crippen LogP contribution is 2.19. The molecule has 0 N–H and O–H groups in total. The van der Waals surface area contributed by atoms with Gasteiger partial charge in [-0.2, -0.15) is 0 Å². The van der Waals surface area contributed by atoms with Crippen LogP contribution in [0.25, 0.3) is 11.1 Å². The molecule has 2 heteroatoms. The average Bonchev–Trinajstić information content (AvgIpc) is 2.64. The average molecular weight is 324 g/mol. The largest absolute Gasteiger partial charge is 0.462 e. The number of hydrogen-bond acceptors (Lipinski definition) is 2. The molecule has 0 aromatic heterocycles. The van der Waals surface area contributed by atoms with Gasteiger partial charge in [-0.3, -0.25) is 0 Å². The zero-order valence-corrected chi connectivity index (χ0v) is 14.8. The molecule has 0 bridgehead atoms. The standard InChI is InChI=1S/C22H28O2/c1-3-4-5-7-10-18(2)17-24-22(23)21-15-13-20(14-16-21)19-11-8-6-9-12-19/h6,8-9,11-16,18H,3-5,7,10,17H2,1-2H3. The second-order valence-corrected chi connectivity index (χ2v) is 6.50. The van der Waals surface area contributed by atoms with Gasteiger partial charge in [-0.05, 0) is 35.6 Å². The van der Waals surface area contributed by atoms with Crippen molar-refractivity contribution in [3.05, 3.63) is 60.2 Å². The van der Waals surface area contributed by atoms with Gasteiger partial charge in [0.1, 0.15) is 0 Å². The Bertz CT molecular complexity index is 602. The van der Waals surface area contributed by atoms with Crippen LogP contribution < -0.4 is 0 Å². The molecule has 0 heterocycles. The van der Waals surface area contributed by atoms with Gasteiger partial charge in [-0.15, -0.1) is 0 Å². The Labute approximate surface area is 145 Å². The number of esters is 1. The van der Waals surface area contributed by atoms with Crippen molar-refractivity contribution in [2.45, 2.75) is 46.0 Å². The Morgan fingerprint density at radius 2 is 1.58 bits per heavy atom. The van der Waals surface area contributed by atoms with Crippen LogP contribution in [0.4, 0.5) is 0 Å². The van der Waals surface area contributed by atoms with Crippen molar-refractivity contribution in [1.82, 2.24) is 0 Å². The maximum atomic E-state index is 12.2. The van der Waals surface area contributed by atoms with Crippen LogP contribution in [-0.2, 0) is 4.74 Å². The number of rotatable bonds is 9. The molecule has 24 heavy (non-hydrogen) atoms. The summed E-state index contributed by atoms with van der Waals surface area (Å²) < 4.78 is 5.45. The van der Waals surface area contributed by atoms with Crippen molar-refractivity contribution >= 4 is 5.97 Å². The van der Waals surface area contributed by atoms with Crippen LogP contribution in [0.3, 0.4) is 0 Å². The predicted octanol–water partition coefficient (Wildman–Crippen LogP) is 6.12. The summed E-state index contributed by atoms with van der Waals surface area (Å²) in [6.07, 6.45) is 6.16. The van der Waals surface area contributed by atoms with E-state index >= 15 is 0 Å². The molecule has 0 aliphatic carbocycles.